The van der Waals surface area contributed by atoms with E-state index in [0.29, 0.717) is 0 Å². The van der Waals surface area contributed by atoms with Crippen LogP contribution in [-0.4, -0.2) is 63.7 Å². The second-order valence-electron chi connectivity index (χ2n) is 8.58. The number of anilines is 3. The van der Waals surface area contributed by atoms with E-state index in [2.05, 4.69) is 78.4 Å². The van der Waals surface area contributed by atoms with Gasteiger partial charge in [0.05, 0.1) is 18.0 Å². The maximum atomic E-state index is 9.98. The van der Waals surface area contributed by atoms with Gasteiger partial charge in [-0.15, -0.1) is 5.11 Å². The summed E-state index contributed by atoms with van der Waals surface area (Å²) in [6.07, 6.45) is 2.91. The second kappa shape index (κ2) is 9.08. The van der Waals surface area contributed by atoms with Crippen LogP contribution < -0.4 is 14.7 Å². The topological polar surface area (TPSA) is 57.9 Å². The molecule has 2 heterocycles. The molecule has 1 unspecified atom stereocenters. The van der Waals surface area contributed by atoms with Crippen molar-refractivity contribution in [1.29, 1.82) is 0 Å². The van der Waals surface area contributed by atoms with Crippen LogP contribution in [0.5, 0.6) is 0 Å². The van der Waals surface area contributed by atoms with Crippen LogP contribution in [0, 0.1) is 0 Å². The third-order valence-electron chi connectivity index (χ3n) is 5.99. The van der Waals surface area contributed by atoms with Gasteiger partial charge in [-0.1, -0.05) is 12.1 Å². The second-order valence-corrected chi connectivity index (χ2v) is 8.58. The van der Waals surface area contributed by atoms with E-state index >= 15 is 0 Å². The Labute approximate surface area is 184 Å². The Hall–Kier alpha value is -2.90. The van der Waals surface area contributed by atoms with Crippen LogP contribution in [0.1, 0.15) is 18.4 Å². The fourth-order valence-electron chi connectivity index (χ4n) is 4.07. The lowest BCUT2D eigenvalue weighted by Crippen LogP contribution is -2.51. The van der Waals surface area contributed by atoms with Gasteiger partial charge in [-0.05, 0) is 49.2 Å². The molecule has 0 radical (unpaired) electrons. The Morgan fingerprint density at radius 2 is 1.39 bits per heavy atom. The lowest BCUT2D eigenvalue weighted by atomic mass is 10.1. The molecule has 1 fully saturated rings. The SMILES string of the molecule is CN(C)c1ccc(C2=CN=NC(N3CCC(O)CC3)N2c2ccc(N(C)C)cc2)cc1. The molecule has 1 atom stereocenters. The molecule has 7 nitrogen and oxygen atoms in total. The van der Waals surface area contributed by atoms with E-state index in [9.17, 15) is 5.11 Å². The summed E-state index contributed by atoms with van der Waals surface area (Å²) in [6, 6.07) is 17.1. The monoisotopic (exact) mass is 420 g/mol. The first-order valence-corrected chi connectivity index (χ1v) is 10.8. The first-order valence-electron chi connectivity index (χ1n) is 10.8. The van der Waals surface area contributed by atoms with E-state index in [1.165, 1.54) is 0 Å². The van der Waals surface area contributed by atoms with Crippen molar-refractivity contribution in [2.45, 2.75) is 25.2 Å². The van der Waals surface area contributed by atoms with E-state index in [4.69, 9.17) is 0 Å². The summed E-state index contributed by atoms with van der Waals surface area (Å²) in [5, 5.41) is 19.0. The molecule has 2 aliphatic heterocycles. The van der Waals surface area contributed by atoms with Crippen molar-refractivity contribution in [3.63, 3.8) is 0 Å². The summed E-state index contributed by atoms with van der Waals surface area (Å²) >= 11 is 0. The van der Waals surface area contributed by atoms with Gasteiger partial charge >= 0.3 is 0 Å². The Morgan fingerprint density at radius 1 is 0.839 bits per heavy atom. The zero-order valence-corrected chi connectivity index (χ0v) is 18.8. The number of benzene rings is 2. The highest BCUT2D eigenvalue weighted by Gasteiger charge is 2.33. The fourth-order valence-corrected chi connectivity index (χ4v) is 4.07. The van der Waals surface area contributed by atoms with Gasteiger partial charge in [0, 0.05) is 63.9 Å². The predicted molar refractivity (Wildman–Crippen MR) is 127 cm³/mol. The highest BCUT2D eigenvalue weighted by molar-refractivity contribution is 5.81. The van der Waals surface area contributed by atoms with Crippen LogP contribution in [-0.2, 0) is 0 Å². The third kappa shape index (κ3) is 4.57. The molecule has 31 heavy (non-hydrogen) atoms. The molecule has 4 rings (SSSR count). The molecule has 2 aromatic carbocycles. The van der Waals surface area contributed by atoms with Crippen molar-refractivity contribution in [3.05, 3.63) is 60.3 Å². The largest absolute Gasteiger partial charge is 0.393 e. The molecule has 7 heteroatoms. The first kappa shape index (κ1) is 21.3. The van der Waals surface area contributed by atoms with Gasteiger partial charge in [0.15, 0.2) is 0 Å². The molecule has 164 valence electrons. The number of likely N-dealkylation sites (tertiary alicyclic amines) is 1. The van der Waals surface area contributed by atoms with Gasteiger partial charge in [-0.2, -0.15) is 5.11 Å². The fraction of sp³-hybridized carbons (Fsp3) is 0.417. The number of hydrogen-bond donors (Lipinski definition) is 1. The van der Waals surface area contributed by atoms with Crippen LogP contribution in [0.4, 0.5) is 17.1 Å². The van der Waals surface area contributed by atoms with E-state index in [-0.39, 0.29) is 12.4 Å². The predicted octanol–water partition coefficient (Wildman–Crippen LogP) is 3.83. The zero-order chi connectivity index (χ0) is 22.0. The molecule has 0 amide bonds. The van der Waals surface area contributed by atoms with Crippen molar-refractivity contribution in [2.24, 2.45) is 10.2 Å². The quantitative estimate of drug-likeness (QED) is 0.797. The molecule has 1 saturated heterocycles. The molecule has 0 aliphatic carbocycles. The van der Waals surface area contributed by atoms with Gasteiger partial charge in [-0.25, -0.2) is 0 Å². The highest BCUT2D eigenvalue weighted by Crippen LogP contribution is 2.35. The number of azo groups is 1. The van der Waals surface area contributed by atoms with Crippen molar-refractivity contribution in [2.75, 3.05) is 56.0 Å². The maximum absolute atomic E-state index is 9.98. The van der Waals surface area contributed by atoms with E-state index in [0.717, 1.165) is 54.3 Å². The van der Waals surface area contributed by atoms with E-state index < -0.39 is 0 Å². The lowest BCUT2D eigenvalue weighted by Gasteiger charge is -2.42. The molecule has 0 bridgehead atoms. The van der Waals surface area contributed by atoms with Crippen LogP contribution in [0.2, 0.25) is 0 Å². The molecular weight excluding hydrogens is 388 g/mol. The van der Waals surface area contributed by atoms with Gasteiger partial charge in [-0.3, -0.25) is 4.90 Å². The van der Waals surface area contributed by atoms with Crippen LogP contribution >= 0.6 is 0 Å². The lowest BCUT2D eigenvalue weighted by molar-refractivity contribution is 0.0620. The summed E-state index contributed by atoms with van der Waals surface area (Å²) in [4.78, 5) is 8.75. The normalized spacial score (nSPS) is 20.0. The average Bonchev–Trinajstić information content (AvgIpc) is 2.79. The van der Waals surface area contributed by atoms with Crippen molar-refractivity contribution >= 4 is 22.8 Å². The summed E-state index contributed by atoms with van der Waals surface area (Å²) < 4.78 is 0. The van der Waals surface area contributed by atoms with E-state index in [1.807, 2.05) is 34.4 Å². The summed E-state index contributed by atoms with van der Waals surface area (Å²) in [7, 11) is 8.18. The van der Waals surface area contributed by atoms with Crippen LogP contribution in [0.3, 0.4) is 0 Å². The average molecular weight is 421 g/mol. The minimum absolute atomic E-state index is 0.224. The third-order valence-corrected chi connectivity index (χ3v) is 5.99. The van der Waals surface area contributed by atoms with Gasteiger partial charge in [0.2, 0.25) is 6.29 Å². The summed E-state index contributed by atoms with van der Waals surface area (Å²) in [6.45, 7) is 1.59. The summed E-state index contributed by atoms with van der Waals surface area (Å²) in [5.41, 5.74) is 5.51. The highest BCUT2D eigenvalue weighted by atomic mass is 16.3. The number of piperidine rings is 1. The number of hydrogen-bond acceptors (Lipinski definition) is 7. The molecule has 2 aliphatic rings. The Balaban J connectivity index is 1.71. The molecule has 1 N–H and O–H groups in total. The Kier molecular flexibility index (Phi) is 6.25. The number of aliphatic hydroxyl groups is 1. The minimum atomic E-state index is -0.230. The zero-order valence-electron chi connectivity index (χ0n) is 18.8. The van der Waals surface area contributed by atoms with E-state index in [1.54, 1.807) is 0 Å². The molecule has 0 spiro atoms. The maximum Gasteiger partial charge on any atom is 0.203 e. The van der Waals surface area contributed by atoms with Crippen LogP contribution in [0.15, 0.2) is 65.0 Å². The van der Waals surface area contributed by atoms with Crippen molar-refractivity contribution in [1.82, 2.24) is 4.90 Å². The molecular formula is C24H32N6O. The van der Waals surface area contributed by atoms with Crippen LogP contribution in [0.25, 0.3) is 5.70 Å². The van der Waals surface area contributed by atoms with Gasteiger partial charge in [0.1, 0.15) is 0 Å². The minimum Gasteiger partial charge on any atom is -0.393 e. The smallest absolute Gasteiger partial charge is 0.203 e. The van der Waals surface area contributed by atoms with Gasteiger partial charge in [0.25, 0.3) is 0 Å². The molecule has 2 aromatic rings. The first-order chi connectivity index (χ1) is 14.9. The number of aliphatic hydroxyl groups excluding tert-OH is 1. The molecule has 0 saturated carbocycles. The number of nitrogens with zero attached hydrogens (tertiary/aromatic N) is 6. The summed E-state index contributed by atoms with van der Waals surface area (Å²) in [5.74, 6) is 0. The number of rotatable bonds is 5. The molecule has 0 aromatic heterocycles. The van der Waals surface area contributed by atoms with Gasteiger partial charge < -0.3 is 19.8 Å². The van der Waals surface area contributed by atoms with Crippen molar-refractivity contribution < 1.29 is 5.11 Å². The standard InChI is InChI=1S/C24H32N6O/c1-27(2)19-7-5-18(6-8-19)23-17-25-26-24(29-15-13-22(31)14-16-29)30(23)21-11-9-20(10-12-21)28(3)4/h5-12,17,22,24,31H,13-16H2,1-4H3. The Bertz CT molecular complexity index is 928. The van der Waals surface area contributed by atoms with Crippen molar-refractivity contribution in [3.8, 4) is 0 Å². The Morgan fingerprint density at radius 3 is 1.94 bits per heavy atom.